The molecule has 1 unspecified atom stereocenters. The standard InChI is InChI=1S/C17H22BrNO/c1-5-7-19-16(14-6-8-20-17(14)18)15-10-12(3)11(2)9-13(15)4/h6,8-10,16,19H,5,7H2,1-4H3. The minimum absolute atomic E-state index is 0.169. The molecule has 0 radical (unpaired) electrons. The number of aryl methyl sites for hydroxylation is 3. The molecule has 2 nitrogen and oxygen atoms in total. The minimum Gasteiger partial charge on any atom is -0.457 e. The fourth-order valence-electron chi connectivity index (χ4n) is 2.48. The average molecular weight is 336 g/mol. The van der Waals surface area contributed by atoms with Crippen LogP contribution in [0, 0.1) is 20.8 Å². The highest BCUT2D eigenvalue weighted by Crippen LogP contribution is 2.32. The highest BCUT2D eigenvalue weighted by atomic mass is 79.9. The number of halogens is 1. The molecule has 1 N–H and O–H groups in total. The molecular formula is C17H22BrNO. The van der Waals surface area contributed by atoms with Crippen LogP contribution in [0.15, 0.2) is 33.5 Å². The van der Waals surface area contributed by atoms with E-state index in [2.05, 4.69) is 61.1 Å². The first kappa shape index (κ1) is 15.3. The Bertz CT molecular complexity index is 589. The molecule has 0 amide bonds. The van der Waals surface area contributed by atoms with Crippen molar-refractivity contribution in [3.05, 3.63) is 56.9 Å². The monoisotopic (exact) mass is 335 g/mol. The van der Waals surface area contributed by atoms with E-state index < -0.39 is 0 Å². The fraction of sp³-hybridized carbons (Fsp3) is 0.412. The van der Waals surface area contributed by atoms with Crippen molar-refractivity contribution in [1.82, 2.24) is 5.32 Å². The van der Waals surface area contributed by atoms with Crippen LogP contribution in [0.3, 0.4) is 0 Å². The molecule has 1 aromatic carbocycles. The van der Waals surface area contributed by atoms with Gasteiger partial charge >= 0.3 is 0 Å². The van der Waals surface area contributed by atoms with Crippen LogP contribution < -0.4 is 5.32 Å². The van der Waals surface area contributed by atoms with Crippen LogP contribution in [0.25, 0.3) is 0 Å². The summed E-state index contributed by atoms with van der Waals surface area (Å²) in [6, 6.07) is 6.75. The van der Waals surface area contributed by atoms with Crippen LogP contribution in [0.4, 0.5) is 0 Å². The van der Waals surface area contributed by atoms with Crippen molar-refractivity contribution in [2.24, 2.45) is 0 Å². The van der Waals surface area contributed by atoms with Crippen LogP contribution in [-0.2, 0) is 0 Å². The van der Waals surface area contributed by atoms with Crippen molar-refractivity contribution in [3.63, 3.8) is 0 Å². The predicted molar refractivity (Wildman–Crippen MR) is 87.2 cm³/mol. The summed E-state index contributed by atoms with van der Waals surface area (Å²) in [7, 11) is 0. The summed E-state index contributed by atoms with van der Waals surface area (Å²) in [4.78, 5) is 0. The lowest BCUT2D eigenvalue weighted by Gasteiger charge is -2.21. The molecule has 0 spiro atoms. The van der Waals surface area contributed by atoms with E-state index in [0.29, 0.717) is 0 Å². The normalized spacial score (nSPS) is 12.7. The first-order valence-electron chi connectivity index (χ1n) is 7.08. The van der Waals surface area contributed by atoms with Gasteiger partial charge in [-0.1, -0.05) is 19.1 Å². The summed E-state index contributed by atoms with van der Waals surface area (Å²) in [5.74, 6) is 0. The van der Waals surface area contributed by atoms with E-state index in [1.807, 2.05) is 6.07 Å². The van der Waals surface area contributed by atoms with Crippen molar-refractivity contribution < 1.29 is 4.42 Å². The molecule has 0 aliphatic carbocycles. The van der Waals surface area contributed by atoms with Gasteiger partial charge in [0.15, 0.2) is 4.67 Å². The molecule has 1 heterocycles. The van der Waals surface area contributed by atoms with Gasteiger partial charge in [-0.2, -0.15) is 0 Å². The third-order valence-electron chi connectivity index (χ3n) is 3.75. The summed E-state index contributed by atoms with van der Waals surface area (Å²) in [5, 5.41) is 3.63. The zero-order valence-corrected chi connectivity index (χ0v) is 14.2. The highest BCUT2D eigenvalue weighted by Gasteiger charge is 2.20. The van der Waals surface area contributed by atoms with Gasteiger partial charge in [0, 0.05) is 5.56 Å². The zero-order chi connectivity index (χ0) is 14.7. The summed E-state index contributed by atoms with van der Waals surface area (Å²) < 4.78 is 6.23. The van der Waals surface area contributed by atoms with Crippen LogP contribution in [0.1, 0.15) is 47.2 Å². The number of nitrogens with one attached hydrogen (secondary N) is 1. The lowest BCUT2D eigenvalue weighted by atomic mass is 9.93. The molecule has 1 atom stereocenters. The van der Waals surface area contributed by atoms with E-state index in [1.165, 1.54) is 22.3 Å². The van der Waals surface area contributed by atoms with E-state index in [4.69, 9.17) is 4.42 Å². The van der Waals surface area contributed by atoms with Gasteiger partial charge in [0.2, 0.25) is 0 Å². The maximum Gasteiger partial charge on any atom is 0.174 e. The minimum atomic E-state index is 0.169. The van der Waals surface area contributed by atoms with Gasteiger partial charge in [-0.05, 0) is 78.0 Å². The van der Waals surface area contributed by atoms with Gasteiger partial charge < -0.3 is 9.73 Å². The van der Waals surface area contributed by atoms with Gasteiger partial charge in [0.05, 0.1) is 12.3 Å². The van der Waals surface area contributed by atoms with Crippen molar-refractivity contribution in [1.29, 1.82) is 0 Å². The largest absolute Gasteiger partial charge is 0.457 e. The smallest absolute Gasteiger partial charge is 0.174 e. The van der Waals surface area contributed by atoms with E-state index in [-0.39, 0.29) is 6.04 Å². The molecule has 0 fully saturated rings. The molecule has 0 aliphatic rings. The molecule has 20 heavy (non-hydrogen) atoms. The first-order chi connectivity index (χ1) is 9.54. The Morgan fingerprint density at radius 1 is 1.10 bits per heavy atom. The summed E-state index contributed by atoms with van der Waals surface area (Å²) in [6.45, 7) is 9.67. The van der Waals surface area contributed by atoms with Crippen molar-refractivity contribution in [2.45, 2.75) is 40.2 Å². The third kappa shape index (κ3) is 3.15. The van der Waals surface area contributed by atoms with Crippen molar-refractivity contribution in [2.75, 3.05) is 6.54 Å². The summed E-state index contributed by atoms with van der Waals surface area (Å²) >= 11 is 3.51. The SMILES string of the molecule is CCCNC(c1cc(C)c(C)cc1C)c1ccoc1Br. The van der Waals surface area contributed by atoms with Crippen LogP contribution in [0.5, 0.6) is 0 Å². The zero-order valence-electron chi connectivity index (χ0n) is 12.6. The van der Waals surface area contributed by atoms with Gasteiger partial charge in [-0.25, -0.2) is 0 Å². The lowest BCUT2D eigenvalue weighted by Crippen LogP contribution is -2.24. The number of hydrogen-bond acceptors (Lipinski definition) is 2. The maximum atomic E-state index is 5.42. The second kappa shape index (κ2) is 6.59. The molecular weight excluding hydrogens is 314 g/mol. The highest BCUT2D eigenvalue weighted by molar-refractivity contribution is 9.10. The Morgan fingerprint density at radius 2 is 1.80 bits per heavy atom. The molecule has 3 heteroatoms. The summed E-state index contributed by atoms with van der Waals surface area (Å²) in [6.07, 6.45) is 2.84. The fourth-order valence-corrected chi connectivity index (χ4v) is 2.95. The molecule has 108 valence electrons. The first-order valence-corrected chi connectivity index (χ1v) is 7.88. The van der Waals surface area contributed by atoms with E-state index in [9.17, 15) is 0 Å². The Morgan fingerprint density at radius 3 is 2.40 bits per heavy atom. The maximum absolute atomic E-state index is 5.42. The van der Waals surface area contributed by atoms with Gasteiger partial charge in [0.1, 0.15) is 0 Å². The molecule has 0 aliphatic heterocycles. The van der Waals surface area contributed by atoms with Gasteiger partial charge in [0.25, 0.3) is 0 Å². The quantitative estimate of drug-likeness (QED) is 0.826. The predicted octanol–water partition coefficient (Wildman–Crippen LogP) is 5.06. The Kier molecular flexibility index (Phi) is 5.06. The topological polar surface area (TPSA) is 25.2 Å². The number of furan rings is 1. The van der Waals surface area contributed by atoms with E-state index in [1.54, 1.807) is 6.26 Å². The number of hydrogen-bond donors (Lipinski definition) is 1. The van der Waals surface area contributed by atoms with Gasteiger partial charge in [-0.3, -0.25) is 0 Å². The Hall–Kier alpha value is -1.06. The average Bonchev–Trinajstić information content (AvgIpc) is 2.82. The lowest BCUT2D eigenvalue weighted by molar-refractivity contribution is 0.523. The molecule has 1 aromatic heterocycles. The van der Waals surface area contributed by atoms with Crippen molar-refractivity contribution >= 4 is 15.9 Å². The second-order valence-electron chi connectivity index (χ2n) is 5.33. The molecule has 0 bridgehead atoms. The Labute approximate surface area is 129 Å². The van der Waals surface area contributed by atoms with Crippen LogP contribution >= 0.6 is 15.9 Å². The summed E-state index contributed by atoms with van der Waals surface area (Å²) in [5.41, 5.74) is 6.46. The molecule has 0 saturated heterocycles. The van der Waals surface area contributed by atoms with Crippen molar-refractivity contribution in [3.8, 4) is 0 Å². The van der Waals surface area contributed by atoms with Crippen LogP contribution in [0.2, 0.25) is 0 Å². The van der Waals surface area contributed by atoms with Crippen LogP contribution in [-0.4, -0.2) is 6.54 Å². The third-order valence-corrected chi connectivity index (χ3v) is 4.39. The van der Waals surface area contributed by atoms with Gasteiger partial charge in [-0.15, -0.1) is 0 Å². The second-order valence-corrected chi connectivity index (χ2v) is 6.05. The molecule has 0 saturated carbocycles. The Balaban J connectivity index is 2.46. The number of rotatable bonds is 5. The molecule has 2 aromatic rings. The molecule has 2 rings (SSSR count). The van der Waals surface area contributed by atoms with E-state index in [0.717, 1.165) is 23.2 Å². The van der Waals surface area contributed by atoms with E-state index >= 15 is 0 Å². The number of benzene rings is 1.